The number of carbonyl (C=O) groups is 1. The SMILES string of the molecule is CC(Br)(C(=O)O)c1ccc(O)cc1. The highest BCUT2D eigenvalue weighted by Crippen LogP contribution is 2.31. The lowest BCUT2D eigenvalue weighted by Gasteiger charge is -2.17. The zero-order chi connectivity index (χ0) is 10.1. The largest absolute Gasteiger partial charge is 0.508 e. The topological polar surface area (TPSA) is 57.5 Å². The maximum absolute atomic E-state index is 10.8. The minimum Gasteiger partial charge on any atom is -0.508 e. The molecule has 1 atom stereocenters. The van der Waals surface area contributed by atoms with E-state index in [4.69, 9.17) is 10.2 Å². The van der Waals surface area contributed by atoms with Crippen molar-refractivity contribution in [2.24, 2.45) is 0 Å². The van der Waals surface area contributed by atoms with E-state index in [1.165, 1.54) is 12.1 Å². The van der Waals surface area contributed by atoms with Crippen LogP contribution in [-0.2, 0) is 9.12 Å². The molecule has 2 N–H and O–H groups in total. The second kappa shape index (κ2) is 3.38. The molecule has 13 heavy (non-hydrogen) atoms. The number of phenolic OH excluding ortho intramolecular Hbond substituents is 1. The maximum Gasteiger partial charge on any atom is 0.324 e. The van der Waals surface area contributed by atoms with Crippen LogP contribution in [0.2, 0.25) is 0 Å². The van der Waals surface area contributed by atoms with Gasteiger partial charge in [-0.05, 0) is 24.6 Å². The Kier molecular flexibility index (Phi) is 2.61. The van der Waals surface area contributed by atoms with Gasteiger partial charge in [-0.1, -0.05) is 28.1 Å². The first-order valence-electron chi connectivity index (χ1n) is 3.66. The molecule has 70 valence electrons. The van der Waals surface area contributed by atoms with Gasteiger partial charge in [-0.2, -0.15) is 0 Å². The van der Waals surface area contributed by atoms with E-state index >= 15 is 0 Å². The minimum absolute atomic E-state index is 0.123. The first-order valence-corrected chi connectivity index (χ1v) is 4.45. The summed E-state index contributed by atoms with van der Waals surface area (Å²) in [5, 5.41) is 17.9. The van der Waals surface area contributed by atoms with E-state index < -0.39 is 10.3 Å². The quantitative estimate of drug-likeness (QED) is 0.784. The van der Waals surface area contributed by atoms with E-state index in [0.29, 0.717) is 5.56 Å². The Labute approximate surface area is 84.1 Å². The number of hydrogen-bond donors (Lipinski definition) is 2. The number of phenols is 1. The van der Waals surface area contributed by atoms with Gasteiger partial charge >= 0.3 is 5.97 Å². The molecule has 0 radical (unpaired) electrons. The summed E-state index contributed by atoms with van der Waals surface area (Å²) in [5.74, 6) is -0.837. The number of alkyl halides is 1. The first-order chi connectivity index (χ1) is 5.94. The van der Waals surface area contributed by atoms with Crippen LogP contribution in [0, 0.1) is 0 Å². The molecule has 1 unspecified atom stereocenters. The van der Waals surface area contributed by atoms with E-state index in [2.05, 4.69) is 15.9 Å². The number of aliphatic carboxylic acids is 1. The summed E-state index contributed by atoms with van der Waals surface area (Å²) in [4.78, 5) is 10.8. The number of aromatic hydroxyl groups is 1. The third-order valence-electron chi connectivity index (χ3n) is 1.81. The Morgan fingerprint density at radius 3 is 2.23 bits per heavy atom. The monoisotopic (exact) mass is 244 g/mol. The van der Waals surface area contributed by atoms with E-state index in [1.807, 2.05) is 0 Å². The number of halogens is 1. The Hall–Kier alpha value is -1.03. The van der Waals surface area contributed by atoms with Gasteiger partial charge in [0.2, 0.25) is 0 Å². The molecule has 3 nitrogen and oxygen atoms in total. The molecule has 0 amide bonds. The van der Waals surface area contributed by atoms with Gasteiger partial charge in [0, 0.05) is 0 Å². The highest BCUT2D eigenvalue weighted by molar-refractivity contribution is 9.10. The third kappa shape index (κ3) is 2.01. The van der Waals surface area contributed by atoms with Crippen molar-refractivity contribution in [1.29, 1.82) is 0 Å². The Balaban J connectivity index is 3.08. The van der Waals surface area contributed by atoms with Gasteiger partial charge in [0.05, 0.1) is 0 Å². The molecular weight excluding hydrogens is 236 g/mol. The normalized spacial score (nSPS) is 14.9. The van der Waals surface area contributed by atoms with Gasteiger partial charge in [0.1, 0.15) is 10.1 Å². The molecule has 0 fully saturated rings. The third-order valence-corrected chi connectivity index (χ3v) is 2.61. The summed E-state index contributed by atoms with van der Waals surface area (Å²) in [5.41, 5.74) is 0.595. The van der Waals surface area contributed by atoms with Crippen LogP contribution >= 0.6 is 15.9 Å². The summed E-state index contributed by atoms with van der Waals surface area (Å²) >= 11 is 3.10. The van der Waals surface area contributed by atoms with E-state index in [0.717, 1.165) is 0 Å². The van der Waals surface area contributed by atoms with Crippen molar-refractivity contribution in [3.63, 3.8) is 0 Å². The fraction of sp³-hybridized carbons (Fsp3) is 0.222. The van der Waals surface area contributed by atoms with Crippen molar-refractivity contribution in [1.82, 2.24) is 0 Å². The fourth-order valence-corrected chi connectivity index (χ4v) is 1.16. The van der Waals surface area contributed by atoms with Gasteiger partial charge in [-0.25, -0.2) is 0 Å². The van der Waals surface area contributed by atoms with Crippen LogP contribution in [0.3, 0.4) is 0 Å². The van der Waals surface area contributed by atoms with E-state index in [-0.39, 0.29) is 5.75 Å². The van der Waals surface area contributed by atoms with Crippen LogP contribution in [0.25, 0.3) is 0 Å². The molecular formula is C9H9BrO3. The van der Waals surface area contributed by atoms with Crippen LogP contribution in [-0.4, -0.2) is 16.2 Å². The fourth-order valence-electron chi connectivity index (χ4n) is 0.898. The van der Waals surface area contributed by atoms with Crippen LogP contribution in [0.5, 0.6) is 5.75 Å². The number of benzene rings is 1. The minimum atomic E-state index is -1.10. The average molecular weight is 245 g/mol. The van der Waals surface area contributed by atoms with Crippen LogP contribution < -0.4 is 0 Å². The van der Waals surface area contributed by atoms with E-state index in [9.17, 15) is 4.79 Å². The molecule has 0 aliphatic heterocycles. The summed E-state index contributed by atoms with van der Waals surface area (Å²) in [6, 6.07) is 6.05. The maximum atomic E-state index is 10.8. The first kappa shape index (κ1) is 10.1. The smallest absolute Gasteiger partial charge is 0.324 e. The molecule has 0 saturated heterocycles. The van der Waals surface area contributed by atoms with Crippen molar-refractivity contribution < 1.29 is 15.0 Å². The molecule has 0 saturated carbocycles. The number of rotatable bonds is 2. The molecule has 1 aromatic rings. The van der Waals surface area contributed by atoms with Crippen LogP contribution in [0.4, 0.5) is 0 Å². The van der Waals surface area contributed by atoms with Crippen LogP contribution in [0.1, 0.15) is 12.5 Å². The molecule has 0 aliphatic carbocycles. The van der Waals surface area contributed by atoms with Crippen molar-refractivity contribution in [2.75, 3.05) is 0 Å². The van der Waals surface area contributed by atoms with Gasteiger partial charge in [-0.15, -0.1) is 0 Å². The predicted molar refractivity (Wildman–Crippen MR) is 52.0 cm³/mol. The molecule has 1 aromatic carbocycles. The van der Waals surface area contributed by atoms with Gasteiger partial charge in [-0.3, -0.25) is 4.79 Å². The number of carboxylic acid groups (broad SMARTS) is 1. The van der Waals surface area contributed by atoms with Crippen molar-refractivity contribution in [3.8, 4) is 5.75 Å². The zero-order valence-corrected chi connectivity index (χ0v) is 8.58. The van der Waals surface area contributed by atoms with Crippen molar-refractivity contribution in [3.05, 3.63) is 29.8 Å². The second-order valence-corrected chi connectivity index (χ2v) is 4.44. The zero-order valence-electron chi connectivity index (χ0n) is 6.99. The highest BCUT2D eigenvalue weighted by atomic mass is 79.9. The highest BCUT2D eigenvalue weighted by Gasteiger charge is 2.31. The molecule has 0 aliphatic rings. The number of hydrogen-bond acceptors (Lipinski definition) is 2. The summed E-state index contributed by atoms with van der Waals surface area (Å²) in [7, 11) is 0. The molecule has 0 bridgehead atoms. The van der Waals surface area contributed by atoms with Gasteiger partial charge < -0.3 is 10.2 Å². The molecule has 0 spiro atoms. The Morgan fingerprint density at radius 2 is 1.85 bits per heavy atom. The Bertz CT molecular complexity index is 316. The molecule has 0 heterocycles. The lowest BCUT2D eigenvalue weighted by Crippen LogP contribution is -2.24. The van der Waals surface area contributed by atoms with Gasteiger partial charge in [0.25, 0.3) is 0 Å². The Morgan fingerprint density at radius 1 is 1.38 bits per heavy atom. The molecule has 4 heteroatoms. The van der Waals surface area contributed by atoms with E-state index in [1.54, 1.807) is 19.1 Å². The molecule has 0 aromatic heterocycles. The summed E-state index contributed by atoms with van der Waals surface area (Å²) in [6.45, 7) is 1.54. The summed E-state index contributed by atoms with van der Waals surface area (Å²) < 4.78 is -1.10. The van der Waals surface area contributed by atoms with Crippen molar-refractivity contribution in [2.45, 2.75) is 11.2 Å². The number of carboxylic acids is 1. The average Bonchev–Trinajstić information content (AvgIpc) is 2.04. The molecule has 1 rings (SSSR count). The van der Waals surface area contributed by atoms with Crippen molar-refractivity contribution >= 4 is 21.9 Å². The lowest BCUT2D eigenvalue weighted by atomic mass is 10.0. The lowest BCUT2D eigenvalue weighted by molar-refractivity contribution is -0.139. The second-order valence-electron chi connectivity index (χ2n) is 2.85. The van der Waals surface area contributed by atoms with Crippen LogP contribution in [0.15, 0.2) is 24.3 Å². The summed E-state index contributed by atoms with van der Waals surface area (Å²) in [6.07, 6.45) is 0. The van der Waals surface area contributed by atoms with Gasteiger partial charge in [0.15, 0.2) is 0 Å². The standard InChI is InChI=1S/C9H9BrO3/c1-9(10,8(12)13)6-2-4-7(11)5-3-6/h2-5,11H,1H3,(H,12,13). The predicted octanol–water partition coefficient (Wildman–Crippen LogP) is 2.09.